The smallest absolute Gasteiger partial charge is 0.302 e. The van der Waals surface area contributed by atoms with Crippen molar-refractivity contribution in [1.29, 1.82) is 0 Å². The third kappa shape index (κ3) is 14.9. The Hall–Kier alpha value is -1.01. The van der Waals surface area contributed by atoms with Crippen LogP contribution in [0.25, 0.3) is 0 Å². The third-order valence-electron chi connectivity index (χ3n) is 2.86. The molecule has 0 saturated carbocycles. The van der Waals surface area contributed by atoms with E-state index >= 15 is 0 Å². The minimum absolute atomic E-state index is 0.0452. The molecule has 1 atom stereocenters. The van der Waals surface area contributed by atoms with Gasteiger partial charge >= 0.3 is 5.97 Å². The molecule has 0 aromatic carbocycles. The Labute approximate surface area is 117 Å². The van der Waals surface area contributed by atoms with Crippen LogP contribution in [-0.4, -0.2) is 23.8 Å². The van der Waals surface area contributed by atoms with E-state index in [2.05, 4.69) is 11.8 Å². The lowest BCUT2D eigenvalue weighted by atomic mass is 10.1. The van der Waals surface area contributed by atoms with Gasteiger partial charge in [0.2, 0.25) is 0 Å². The number of ether oxygens (including phenoxy) is 1. The van der Waals surface area contributed by atoms with Gasteiger partial charge in [0.15, 0.2) is 0 Å². The van der Waals surface area contributed by atoms with Crippen LogP contribution in [0.5, 0.6) is 0 Å². The van der Waals surface area contributed by atoms with Gasteiger partial charge in [-0.2, -0.15) is 0 Å². The van der Waals surface area contributed by atoms with E-state index < -0.39 is 0 Å². The fourth-order valence-corrected chi connectivity index (χ4v) is 1.84. The van der Waals surface area contributed by atoms with Crippen molar-refractivity contribution in [3.8, 4) is 11.8 Å². The van der Waals surface area contributed by atoms with Crippen molar-refractivity contribution in [2.75, 3.05) is 6.61 Å². The molecule has 3 nitrogen and oxygen atoms in total. The second-order valence-corrected chi connectivity index (χ2v) is 4.91. The van der Waals surface area contributed by atoms with E-state index in [1.807, 2.05) is 6.92 Å². The summed E-state index contributed by atoms with van der Waals surface area (Å²) in [6.45, 7) is 3.67. The number of carbonyl (C=O) groups is 1. The summed E-state index contributed by atoms with van der Waals surface area (Å²) in [6.07, 6.45) is 9.35. The summed E-state index contributed by atoms with van der Waals surface area (Å²) < 4.78 is 5.06. The summed E-state index contributed by atoms with van der Waals surface area (Å²) in [6, 6.07) is 0. The van der Waals surface area contributed by atoms with Gasteiger partial charge in [-0.15, -0.1) is 11.8 Å². The highest BCUT2D eigenvalue weighted by molar-refractivity contribution is 5.66. The zero-order valence-electron chi connectivity index (χ0n) is 12.4. The van der Waals surface area contributed by atoms with Crippen molar-refractivity contribution < 1.29 is 14.6 Å². The molecule has 0 aliphatic heterocycles. The number of rotatable bonds is 10. The standard InChI is InChI=1S/C16H28O3/c1-15(19-16(2)18)13-11-9-7-5-3-4-6-8-10-12-14-17/h15,17H,3,5,7-14H2,1-2H3. The van der Waals surface area contributed by atoms with Crippen molar-refractivity contribution in [3.05, 3.63) is 0 Å². The van der Waals surface area contributed by atoms with Gasteiger partial charge in [0.25, 0.3) is 0 Å². The predicted octanol–water partition coefficient (Wildman–Crippen LogP) is 3.44. The maximum absolute atomic E-state index is 10.7. The molecule has 110 valence electrons. The zero-order valence-corrected chi connectivity index (χ0v) is 12.4. The molecule has 0 aliphatic carbocycles. The minimum Gasteiger partial charge on any atom is -0.463 e. The van der Waals surface area contributed by atoms with Gasteiger partial charge < -0.3 is 9.84 Å². The molecule has 0 rings (SSSR count). The molecule has 19 heavy (non-hydrogen) atoms. The molecular formula is C16H28O3. The third-order valence-corrected chi connectivity index (χ3v) is 2.86. The Morgan fingerprint density at radius 1 is 1.05 bits per heavy atom. The second kappa shape index (κ2) is 13.4. The van der Waals surface area contributed by atoms with Crippen molar-refractivity contribution in [3.63, 3.8) is 0 Å². The van der Waals surface area contributed by atoms with Gasteiger partial charge in [0.1, 0.15) is 0 Å². The second-order valence-electron chi connectivity index (χ2n) is 4.91. The first-order chi connectivity index (χ1) is 9.16. The van der Waals surface area contributed by atoms with Crippen molar-refractivity contribution in [2.45, 2.75) is 77.7 Å². The molecule has 0 radical (unpaired) electrons. The topological polar surface area (TPSA) is 46.5 Å². The first kappa shape index (κ1) is 18.0. The average Bonchev–Trinajstić information content (AvgIpc) is 2.35. The van der Waals surface area contributed by atoms with Gasteiger partial charge in [-0.3, -0.25) is 4.79 Å². The summed E-state index contributed by atoms with van der Waals surface area (Å²) >= 11 is 0. The molecule has 3 heteroatoms. The van der Waals surface area contributed by atoms with Crippen molar-refractivity contribution >= 4 is 5.97 Å². The SMILES string of the molecule is CC(=O)OC(C)CCCCCCC#CCCCCO. The zero-order chi connectivity index (χ0) is 14.3. The predicted molar refractivity (Wildman–Crippen MR) is 77.6 cm³/mol. The lowest BCUT2D eigenvalue weighted by Crippen LogP contribution is -2.11. The van der Waals surface area contributed by atoms with E-state index in [4.69, 9.17) is 9.84 Å². The lowest BCUT2D eigenvalue weighted by molar-refractivity contribution is -0.145. The van der Waals surface area contributed by atoms with Gasteiger partial charge in [-0.25, -0.2) is 0 Å². The molecule has 0 aromatic heterocycles. The summed E-state index contributed by atoms with van der Waals surface area (Å²) in [4.78, 5) is 10.7. The highest BCUT2D eigenvalue weighted by Gasteiger charge is 2.03. The number of unbranched alkanes of at least 4 members (excludes halogenated alkanes) is 6. The van der Waals surface area contributed by atoms with Gasteiger partial charge in [0.05, 0.1) is 6.10 Å². The van der Waals surface area contributed by atoms with Crippen LogP contribution in [0, 0.1) is 11.8 Å². The quantitative estimate of drug-likeness (QED) is 0.375. The number of aliphatic hydroxyl groups excluding tert-OH is 1. The molecule has 0 heterocycles. The van der Waals surface area contributed by atoms with Crippen LogP contribution in [0.15, 0.2) is 0 Å². The van der Waals surface area contributed by atoms with Crippen LogP contribution in [-0.2, 0) is 9.53 Å². The number of esters is 1. The molecule has 0 aliphatic rings. The highest BCUT2D eigenvalue weighted by Crippen LogP contribution is 2.09. The fraction of sp³-hybridized carbons (Fsp3) is 0.812. The fourth-order valence-electron chi connectivity index (χ4n) is 1.84. The molecular weight excluding hydrogens is 240 g/mol. The molecule has 0 saturated heterocycles. The van der Waals surface area contributed by atoms with Crippen LogP contribution >= 0.6 is 0 Å². The highest BCUT2D eigenvalue weighted by atomic mass is 16.5. The summed E-state index contributed by atoms with van der Waals surface area (Å²) in [5, 5.41) is 8.60. The number of carbonyl (C=O) groups excluding carboxylic acids is 1. The number of aliphatic hydroxyl groups is 1. The number of hydrogen-bond donors (Lipinski definition) is 1. The lowest BCUT2D eigenvalue weighted by Gasteiger charge is -2.10. The molecule has 0 bridgehead atoms. The van der Waals surface area contributed by atoms with E-state index in [0.29, 0.717) is 0 Å². The summed E-state index contributed by atoms with van der Waals surface area (Å²) in [5.41, 5.74) is 0. The van der Waals surface area contributed by atoms with E-state index in [9.17, 15) is 4.79 Å². The van der Waals surface area contributed by atoms with Crippen molar-refractivity contribution in [2.24, 2.45) is 0 Å². The van der Waals surface area contributed by atoms with Crippen LogP contribution in [0.2, 0.25) is 0 Å². The Balaban J connectivity index is 3.24. The van der Waals surface area contributed by atoms with Crippen LogP contribution in [0.3, 0.4) is 0 Å². The number of hydrogen-bond acceptors (Lipinski definition) is 3. The Morgan fingerprint density at radius 3 is 2.21 bits per heavy atom. The summed E-state index contributed by atoms with van der Waals surface area (Å²) in [5.74, 6) is 6.11. The first-order valence-electron chi connectivity index (χ1n) is 7.40. The average molecular weight is 268 g/mol. The minimum atomic E-state index is -0.191. The van der Waals surface area contributed by atoms with Crippen molar-refractivity contribution in [1.82, 2.24) is 0 Å². The van der Waals surface area contributed by atoms with Gasteiger partial charge in [-0.1, -0.05) is 12.8 Å². The van der Waals surface area contributed by atoms with E-state index in [0.717, 1.165) is 44.9 Å². The molecule has 0 fully saturated rings. The van der Waals surface area contributed by atoms with E-state index in [-0.39, 0.29) is 18.7 Å². The van der Waals surface area contributed by atoms with Gasteiger partial charge in [0, 0.05) is 26.4 Å². The largest absolute Gasteiger partial charge is 0.463 e. The van der Waals surface area contributed by atoms with Crippen LogP contribution in [0.4, 0.5) is 0 Å². The Kier molecular flexibility index (Phi) is 12.7. The Morgan fingerprint density at radius 2 is 1.63 bits per heavy atom. The summed E-state index contributed by atoms with van der Waals surface area (Å²) in [7, 11) is 0. The maximum atomic E-state index is 10.7. The molecule has 1 unspecified atom stereocenters. The maximum Gasteiger partial charge on any atom is 0.302 e. The van der Waals surface area contributed by atoms with Gasteiger partial charge in [-0.05, 0) is 39.0 Å². The molecule has 0 amide bonds. The first-order valence-corrected chi connectivity index (χ1v) is 7.40. The van der Waals surface area contributed by atoms with E-state index in [1.165, 1.54) is 19.8 Å². The van der Waals surface area contributed by atoms with Crippen LogP contribution < -0.4 is 0 Å². The van der Waals surface area contributed by atoms with Crippen LogP contribution in [0.1, 0.15) is 71.6 Å². The molecule has 1 N–H and O–H groups in total. The van der Waals surface area contributed by atoms with E-state index in [1.54, 1.807) is 0 Å². The normalized spacial score (nSPS) is 11.5. The molecule has 0 spiro atoms. The monoisotopic (exact) mass is 268 g/mol. The Bertz CT molecular complexity index is 275. The molecule has 0 aromatic rings.